The number of amidine groups is 1. The van der Waals surface area contributed by atoms with E-state index in [1.165, 1.54) is 36.2 Å². The summed E-state index contributed by atoms with van der Waals surface area (Å²) in [6, 6.07) is 12.8. The van der Waals surface area contributed by atoms with E-state index in [-0.39, 0.29) is 23.8 Å². The van der Waals surface area contributed by atoms with Crippen molar-refractivity contribution in [3.05, 3.63) is 69.8 Å². The van der Waals surface area contributed by atoms with Gasteiger partial charge in [0, 0.05) is 18.1 Å². The van der Waals surface area contributed by atoms with Gasteiger partial charge in [-0.2, -0.15) is 5.10 Å². The van der Waals surface area contributed by atoms with Crippen molar-refractivity contribution in [1.82, 2.24) is 5.32 Å². The minimum absolute atomic E-state index is 0.00311. The van der Waals surface area contributed by atoms with Gasteiger partial charge in [0.05, 0.1) is 16.4 Å². The van der Waals surface area contributed by atoms with E-state index < -0.39 is 10.2 Å². The first kappa shape index (κ1) is 17.6. The molecule has 132 valence electrons. The summed E-state index contributed by atoms with van der Waals surface area (Å²) in [4.78, 5) is 22.7. The van der Waals surface area contributed by atoms with E-state index in [1.54, 1.807) is 30.3 Å². The Hall–Kier alpha value is -3.20. The number of phenols is 1. The number of nitro groups is 1. The van der Waals surface area contributed by atoms with Crippen molar-refractivity contribution >= 4 is 34.7 Å². The molecule has 1 amide bonds. The minimum atomic E-state index is -0.501. The second-order valence-electron chi connectivity index (χ2n) is 5.43. The number of nitrogens with one attached hydrogen (secondary N) is 1. The Labute approximate surface area is 152 Å². The average molecular weight is 370 g/mol. The topological polar surface area (TPSA) is 117 Å². The second kappa shape index (κ2) is 7.79. The molecule has 1 fully saturated rings. The zero-order chi connectivity index (χ0) is 18.5. The van der Waals surface area contributed by atoms with Crippen molar-refractivity contribution in [2.75, 3.05) is 0 Å². The SMILES string of the molecule is O=C1N/C(=N\N=C\c2ccc(O)cc2)S[C@H]1Cc1ccccc1[N+](=O)[O-]. The maximum atomic E-state index is 12.1. The van der Waals surface area contributed by atoms with Crippen LogP contribution in [0.2, 0.25) is 0 Å². The second-order valence-corrected chi connectivity index (χ2v) is 6.62. The number of nitrogens with zero attached hydrogens (tertiary/aromatic N) is 3. The molecule has 8 nitrogen and oxygen atoms in total. The first-order chi connectivity index (χ1) is 12.5. The molecule has 0 unspecified atom stereocenters. The molecular weight excluding hydrogens is 356 g/mol. The van der Waals surface area contributed by atoms with Gasteiger partial charge in [-0.25, -0.2) is 0 Å². The maximum absolute atomic E-state index is 12.1. The number of benzene rings is 2. The lowest BCUT2D eigenvalue weighted by molar-refractivity contribution is -0.385. The zero-order valence-electron chi connectivity index (χ0n) is 13.4. The van der Waals surface area contributed by atoms with E-state index in [0.29, 0.717) is 10.7 Å². The predicted molar refractivity (Wildman–Crippen MR) is 99.5 cm³/mol. The highest BCUT2D eigenvalue weighted by molar-refractivity contribution is 8.15. The van der Waals surface area contributed by atoms with Gasteiger partial charge in [-0.3, -0.25) is 14.9 Å². The van der Waals surface area contributed by atoms with Gasteiger partial charge in [0.1, 0.15) is 5.75 Å². The lowest BCUT2D eigenvalue weighted by Gasteiger charge is -2.05. The van der Waals surface area contributed by atoms with Crippen LogP contribution >= 0.6 is 11.8 Å². The van der Waals surface area contributed by atoms with E-state index in [2.05, 4.69) is 15.5 Å². The molecule has 0 aliphatic carbocycles. The zero-order valence-corrected chi connectivity index (χ0v) is 14.2. The lowest BCUT2D eigenvalue weighted by Crippen LogP contribution is -2.26. The van der Waals surface area contributed by atoms with E-state index in [1.807, 2.05) is 0 Å². The molecule has 1 atom stereocenters. The molecule has 0 aromatic heterocycles. The Bertz CT molecular complexity index is 896. The number of hydrogen-bond acceptors (Lipinski definition) is 7. The fourth-order valence-electron chi connectivity index (χ4n) is 2.36. The summed E-state index contributed by atoms with van der Waals surface area (Å²) in [5.41, 5.74) is 1.24. The van der Waals surface area contributed by atoms with E-state index >= 15 is 0 Å². The molecule has 9 heteroatoms. The number of carbonyl (C=O) groups is 1. The molecule has 2 aromatic rings. The van der Waals surface area contributed by atoms with Gasteiger partial charge in [0.25, 0.3) is 5.69 Å². The molecule has 3 rings (SSSR count). The number of carbonyl (C=O) groups excluding carboxylic acids is 1. The third-order valence-electron chi connectivity index (χ3n) is 3.62. The van der Waals surface area contributed by atoms with Crippen LogP contribution in [0.1, 0.15) is 11.1 Å². The molecule has 1 heterocycles. The van der Waals surface area contributed by atoms with Crippen molar-refractivity contribution in [2.45, 2.75) is 11.7 Å². The van der Waals surface area contributed by atoms with Crippen LogP contribution in [0.3, 0.4) is 0 Å². The van der Waals surface area contributed by atoms with E-state index in [0.717, 1.165) is 5.56 Å². The molecular formula is C17H14N4O4S. The molecule has 0 saturated carbocycles. The largest absolute Gasteiger partial charge is 0.508 e. The van der Waals surface area contributed by atoms with Gasteiger partial charge in [-0.1, -0.05) is 30.0 Å². The van der Waals surface area contributed by atoms with Crippen LogP contribution in [0.5, 0.6) is 5.75 Å². The average Bonchev–Trinajstić information content (AvgIpc) is 2.96. The number of para-hydroxylation sites is 1. The van der Waals surface area contributed by atoms with E-state index in [4.69, 9.17) is 0 Å². The van der Waals surface area contributed by atoms with Crippen molar-refractivity contribution in [2.24, 2.45) is 10.2 Å². The summed E-state index contributed by atoms with van der Waals surface area (Å²) in [7, 11) is 0. The van der Waals surface area contributed by atoms with Crippen molar-refractivity contribution in [1.29, 1.82) is 0 Å². The smallest absolute Gasteiger partial charge is 0.272 e. The van der Waals surface area contributed by atoms with Gasteiger partial charge in [0.15, 0.2) is 5.17 Å². The van der Waals surface area contributed by atoms with Crippen LogP contribution < -0.4 is 5.32 Å². The highest BCUT2D eigenvalue weighted by Gasteiger charge is 2.32. The number of aromatic hydroxyl groups is 1. The monoisotopic (exact) mass is 370 g/mol. The van der Waals surface area contributed by atoms with Crippen molar-refractivity contribution < 1.29 is 14.8 Å². The first-order valence-electron chi connectivity index (χ1n) is 7.63. The Balaban J connectivity index is 1.67. The molecule has 26 heavy (non-hydrogen) atoms. The Morgan fingerprint density at radius 3 is 2.69 bits per heavy atom. The Kier molecular flexibility index (Phi) is 5.28. The van der Waals surface area contributed by atoms with Crippen LogP contribution in [0.15, 0.2) is 58.7 Å². The molecule has 0 spiro atoms. The van der Waals surface area contributed by atoms with Gasteiger partial charge in [-0.15, -0.1) is 5.10 Å². The summed E-state index contributed by atoms with van der Waals surface area (Å²) in [5.74, 6) is -0.100. The minimum Gasteiger partial charge on any atom is -0.508 e. The number of amides is 1. The first-order valence-corrected chi connectivity index (χ1v) is 8.51. The highest BCUT2D eigenvalue weighted by Crippen LogP contribution is 2.27. The van der Waals surface area contributed by atoms with Gasteiger partial charge in [0.2, 0.25) is 5.91 Å². The quantitative estimate of drug-likeness (QED) is 0.476. The fourth-order valence-corrected chi connectivity index (χ4v) is 3.31. The maximum Gasteiger partial charge on any atom is 0.272 e. The highest BCUT2D eigenvalue weighted by atomic mass is 32.2. The van der Waals surface area contributed by atoms with Crippen molar-refractivity contribution in [3.8, 4) is 5.75 Å². The van der Waals surface area contributed by atoms with E-state index in [9.17, 15) is 20.0 Å². The number of thioether (sulfide) groups is 1. The molecule has 1 saturated heterocycles. The van der Waals surface area contributed by atoms with Crippen LogP contribution in [-0.4, -0.2) is 32.6 Å². The van der Waals surface area contributed by atoms with Gasteiger partial charge < -0.3 is 10.4 Å². The van der Waals surface area contributed by atoms with Crippen LogP contribution in [0.25, 0.3) is 0 Å². The van der Waals surface area contributed by atoms with Crippen molar-refractivity contribution in [3.63, 3.8) is 0 Å². The summed E-state index contributed by atoms with van der Waals surface area (Å²) in [6.45, 7) is 0. The Morgan fingerprint density at radius 1 is 1.23 bits per heavy atom. The molecule has 0 bridgehead atoms. The van der Waals surface area contributed by atoms with Crippen LogP contribution in [0, 0.1) is 10.1 Å². The van der Waals surface area contributed by atoms with Gasteiger partial charge in [-0.05, 0) is 29.8 Å². The summed E-state index contributed by atoms with van der Waals surface area (Å²) in [6.07, 6.45) is 1.73. The predicted octanol–water partition coefficient (Wildman–Crippen LogP) is 2.46. The third kappa shape index (κ3) is 4.25. The molecule has 2 aromatic carbocycles. The van der Waals surface area contributed by atoms with Crippen LogP contribution in [-0.2, 0) is 11.2 Å². The number of phenolic OH excluding ortho intramolecular Hbond substituents is 1. The number of nitro benzene ring substituents is 1. The summed E-state index contributed by atoms with van der Waals surface area (Å²) < 4.78 is 0. The number of rotatable bonds is 5. The lowest BCUT2D eigenvalue weighted by atomic mass is 10.1. The third-order valence-corrected chi connectivity index (χ3v) is 4.69. The molecule has 1 aliphatic heterocycles. The normalized spacial score (nSPS) is 18.4. The molecule has 1 aliphatic rings. The number of hydrogen-bond donors (Lipinski definition) is 2. The summed E-state index contributed by atoms with van der Waals surface area (Å²) in [5, 5.41) is 30.6. The Morgan fingerprint density at radius 2 is 1.96 bits per heavy atom. The van der Waals surface area contributed by atoms with Gasteiger partial charge >= 0.3 is 0 Å². The molecule has 0 radical (unpaired) electrons. The van der Waals surface area contributed by atoms with Crippen LogP contribution in [0.4, 0.5) is 5.69 Å². The fraction of sp³-hybridized carbons (Fsp3) is 0.118. The summed E-state index contributed by atoms with van der Waals surface area (Å²) >= 11 is 1.18. The standard InChI is InChI=1S/C17H14N4O4S/c22-13-7-5-11(6-8-13)10-18-20-17-19-16(23)15(26-17)9-12-3-1-2-4-14(12)21(24)25/h1-8,10,15,22H,9H2,(H,19,20,23)/b18-10+/t15-/m0/s1. The molecule has 2 N–H and O–H groups in total.